The van der Waals surface area contributed by atoms with E-state index in [-0.39, 0.29) is 18.2 Å². The highest BCUT2D eigenvalue weighted by atomic mass is 16.7. The molecule has 3 aliphatic rings. The monoisotopic (exact) mass is 352 g/mol. The van der Waals surface area contributed by atoms with Gasteiger partial charge in [-0.25, -0.2) is 0 Å². The average Bonchev–Trinajstić information content (AvgIpc) is 3.24. The predicted octanol–water partition coefficient (Wildman–Crippen LogP) is 2.24. The zero-order valence-corrected chi connectivity index (χ0v) is 14.7. The van der Waals surface area contributed by atoms with Crippen LogP contribution in [0.5, 0.6) is 11.5 Å². The molecule has 0 aromatic heterocycles. The van der Waals surface area contributed by atoms with Crippen LogP contribution in [0.2, 0.25) is 0 Å². The summed E-state index contributed by atoms with van der Waals surface area (Å²) in [5, 5.41) is 18.3. The van der Waals surface area contributed by atoms with Crippen molar-refractivity contribution in [3.8, 4) is 11.5 Å². The SMILES string of the molecule is O[C@@H]1[C@@H](NCc2ccc3c(c2)OCO3)c2ccccc2C12CCNCC2. The lowest BCUT2D eigenvalue weighted by Crippen LogP contribution is -2.47. The Morgan fingerprint density at radius 2 is 1.88 bits per heavy atom. The van der Waals surface area contributed by atoms with Gasteiger partial charge >= 0.3 is 0 Å². The molecule has 5 nitrogen and oxygen atoms in total. The van der Waals surface area contributed by atoms with Crippen LogP contribution >= 0.6 is 0 Å². The lowest BCUT2D eigenvalue weighted by molar-refractivity contribution is 0.0439. The van der Waals surface area contributed by atoms with E-state index < -0.39 is 6.10 Å². The zero-order chi connectivity index (χ0) is 17.6. The maximum absolute atomic E-state index is 11.3. The third kappa shape index (κ3) is 2.42. The highest BCUT2D eigenvalue weighted by Gasteiger charge is 2.51. The van der Waals surface area contributed by atoms with Gasteiger partial charge in [0.1, 0.15) is 0 Å². The van der Waals surface area contributed by atoms with Crippen LogP contribution in [0.3, 0.4) is 0 Å². The Kier molecular flexibility index (Phi) is 3.89. The molecule has 26 heavy (non-hydrogen) atoms. The van der Waals surface area contributed by atoms with Crippen molar-refractivity contribution >= 4 is 0 Å². The number of hydrogen-bond donors (Lipinski definition) is 3. The molecule has 0 amide bonds. The van der Waals surface area contributed by atoms with Crippen molar-refractivity contribution in [2.75, 3.05) is 19.9 Å². The summed E-state index contributed by atoms with van der Waals surface area (Å²) in [7, 11) is 0. The predicted molar refractivity (Wildman–Crippen MR) is 98.4 cm³/mol. The molecule has 2 aromatic rings. The number of nitrogens with one attached hydrogen (secondary N) is 2. The Balaban J connectivity index is 1.40. The van der Waals surface area contributed by atoms with Crippen LogP contribution in [0.15, 0.2) is 42.5 Å². The van der Waals surface area contributed by atoms with Crippen LogP contribution in [-0.2, 0) is 12.0 Å². The molecule has 1 fully saturated rings. The summed E-state index contributed by atoms with van der Waals surface area (Å²) in [6.07, 6.45) is 1.55. The van der Waals surface area contributed by atoms with E-state index in [0.29, 0.717) is 6.54 Å². The van der Waals surface area contributed by atoms with Crippen LogP contribution in [0.25, 0.3) is 0 Å². The molecule has 3 N–H and O–H groups in total. The van der Waals surface area contributed by atoms with Gasteiger partial charge in [-0.3, -0.25) is 0 Å². The fraction of sp³-hybridized carbons (Fsp3) is 0.429. The molecule has 2 atom stereocenters. The van der Waals surface area contributed by atoms with Gasteiger partial charge in [0.15, 0.2) is 11.5 Å². The molecule has 0 bridgehead atoms. The molecular formula is C21H24N2O3. The number of fused-ring (bicyclic) bond motifs is 3. The Morgan fingerprint density at radius 1 is 1.08 bits per heavy atom. The van der Waals surface area contributed by atoms with E-state index >= 15 is 0 Å². The number of rotatable bonds is 3. The summed E-state index contributed by atoms with van der Waals surface area (Å²) in [4.78, 5) is 0. The minimum atomic E-state index is -0.406. The van der Waals surface area contributed by atoms with Gasteiger partial charge in [0, 0.05) is 12.0 Å². The number of piperidine rings is 1. The maximum Gasteiger partial charge on any atom is 0.231 e. The minimum absolute atomic E-state index is 0.0466. The van der Waals surface area contributed by atoms with Gasteiger partial charge in [0.25, 0.3) is 0 Å². The summed E-state index contributed by atoms with van der Waals surface area (Å²) < 4.78 is 10.9. The molecule has 5 rings (SSSR count). The molecule has 0 radical (unpaired) electrons. The Morgan fingerprint density at radius 3 is 2.77 bits per heavy atom. The van der Waals surface area contributed by atoms with Gasteiger partial charge in [-0.2, -0.15) is 0 Å². The number of ether oxygens (including phenoxy) is 2. The van der Waals surface area contributed by atoms with Crippen LogP contribution in [0, 0.1) is 0 Å². The largest absolute Gasteiger partial charge is 0.454 e. The average molecular weight is 352 g/mol. The Hall–Kier alpha value is -2.08. The topological polar surface area (TPSA) is 62.8 Å². The first-order chi connectivity index (χ1) is 12.8. The Bertz CT molecular complexity index is 817. The molecule has 1 spiro atoms. The van der Waals surface area contributed by atoms with E-state index in [4.69, 9.17) is 9.47 Å². The summed E-state index contributed by atoms with van der Waals surface area (Å²) in [6, 6.07) is 14.5. The van der Waals surface area contributed by atoms with Gasteiger partial charge in [0.05, 0.1) is 12.1 Å². The summed E-state index contributed by atoms with van der Waals surface area (Å²) in [6.45, 7) is 2.89. The van der Waals surface area contributed by atoms with Gasteiger partial charge in [-0.15, -0.1) is 0 Å². The fourth-order valence-electron chi connectivity index (χ4n) is 4.81. The normalized spacial score (nSPS) is 25.4. The maximum atomic E-state index is 11.3. The van der Waals surface area contributed by atoms with E-state index in [2.05, 4.69) is 34.9 Å². The molecule has 2 heterocycles. The van der Waals surface area contributed by atoms with Gasteiger partial charge < -0.3 is 25.2 Å². The first kappa shape index (κ1) is 16.1. The summed E-state index contributed by atoms with van der Waals surface area (Å²) in [5.74, 6) is 1.60. The van der Waals surface area contributed by atoms with E-state index in [0.717, 1.165) is 43.0 Å². The van der Waals surface area contributed by atoms with E-state index in [9.17, 15) is 5.11 Å². The number of hydrogen-bond acceptors (Lipinski definition) is 5. The second-order valence-corrected chi connectivity index (χ2v) is 7.48. The lowest BCUT2D eigenvalue weighted by atomic mass is 9.72. The van der Waals surface area contributed by atoms with Crippen LogP contribution < -0.4 is 20.1 Å². The van der Waals surface area contributed by atoms with Crippen LogP contribution in [-0.4, -0.2) is 31.1 Å². The van der Waals surface area contributed by atoms with E-state index in [1.165, 1.54) is 11.1 Å². The van der Waals surface area contributed by atoms with Gasteiger partial charge in [-0.05, 0) is 54.8 Å². The molecule has 2 aliphatic heterocycles. The van der Waals surface area contributed by atoms with E-state index in [1.54, 1.807) is 0 Å². The van der Waals surface area contributed by atoms with Crippen molar-refractivity contribution < 1.29 is 14.6 Å². The quantitative estimate of drug-likeness (QED) is 0.791. The number of aliphatic hydroxyl groups is 1. The lowest BCUT2D eigenvalue weighted by Gasteiger charge is -2.39. The van der Waals surface area contributed by atoms with Crippen molar-refractivity contribution in [2.45, 2.75) is 36.9 Å². The second kappa shape index (κ2) is 6.27. The fourth-order valence-corrected chi connectivity index (χ4v) is 4.81. The minimum Gasteiger partial charge on any atom is -0.454 e. The van der Waals surface area contributed by atoms with Crippen LogP contribution in [0.4, 0.5) is 0 Å². The first-order valence-corrected chi connectivity index (χ1v) is 9.38. The second-order valence-electron chi connectivity index (χ2n) is 7.48. The molecule has 5 heteroatoms. The number of benzene rings is 2. The summed E-state index contributed by atoms with van der Waals surface area (Å²) >= 11 is 0. The molecular weight excluding hydrogens is 328 g/mol. The van der Waals surface area contributed by atoms with Crippen molar-refractivity contribution in [3.05, 3.63) is 59.2 Å². The molecule has 0 saturated carbocycles. The first-order valence-electron chi connectivity index (χ1n) is 9.38. The Labute approximate surface area is 153 Å². The third-order valence-electron chi connectivity index (χ3n) is 6.17. The molecule has 2 aromatic carbocycles. The standard InChI is InChI=1S/C21H24N2O3/c24-20-19(23-12-14-5-6-17-18(11-14)26-13-25-17)15-3-1-2-4-16(15)21(20)7-9-22-10-8-21/h1-6,11,19-20,22-24H,7-10,12-13H2/t19-,20+/m0/s1. The van der Waals surface area contributed by atoms with Gasteiger partial charge in [-0.1, -0.05) is 30.3 Å². The van der Waals surface area contributed by atoms with Crippen LogP contribution in [0.1, 0.15) is 35.6 Å². The highest BCUT2D eigenvalue weighted by molar-refractivity contribution is 5.46. The van der Waals surface area contributed by atoms with Crippen molar-refractivity contribution in [1.82, 2.24) is 10.6 Å². The van der Waals surface area contributed by atoms with Gasteiger partial charge in [0.2, 0.25) is 6.79 Å². The van der Waals surface area contributed by atoms with E-state index in [1.807, 2.05) is 18.2 Å². The van der Waals surface area contributed by atoms with Crippen molar-refractivity contribution in [2.24, 2.45) is 0 Å². The highest BCUT2D eigenvalue weighted by Crippen LogP contribution is 2.50. The molecule has 1 saturated heterocycles. The van der Waals surface area contributed by atoms with Crippen molar-refractivity contribution in [3.63, 3.8) is 0 Å². The molecule has 0 unspecified atom stereocenters. The number of aliphatic hydroxyl groups excluding tert-OH is 1. The van der Waals surface area contributed by atoms with Crippen molar-refractivity contribution in [1.29, 1.82) is 0 Å². The zero-order valence-electron chi connectivity index (χ0n) is 14.7. The molecule has 136 valence electrons. The smallest absolute Gasteiger partial charge is 0.231 e. The summed E-state index contributed by atoms with van der Waals surface area (Å²) in [5.41, 5.74) is 3.55. The third-order valence-corrected chi connectivity index (χ3v) is 6.17. The molecule has 1 aliphatic carbocycles.